The molecule has 2 aliphatic heterocycles. The Morgan fingerprint density at radius 1 is 1.17 bits per heavy atom. The average Bonchev–Trinajstić information content (AvgIpc) is 3.55. The molecule has 0 radical (unpaired) electrons. The van der Waals surface area contributed by atoms with Crippen LogP contribution in [-0.2, 0) is 11.3 Å². The van der Waals surface area contributed by atoms with E-state index < -0.39 is 0 Å². The Kier molecular flexibility index (Phi) is 7.21. The largest absolute Gasteiger partial charge is 0.477 e. The highest BCUT2D eigenvalue weighted by atomic mass is 16.5. The lowest BCUT2D eigenvalue weighted by Crippen LogP contribution is -2.33. The zero-order chi connectivity index (χ0) is 24.2. The lowest BCUT2D eigenvalue weighted by atomic mass is 9.94. The van der Waals surface area contributed by atoms with Crippen molar-refractivity contribution in [1.29, 1.82) is 5.26 Å². The molecule has 1 unspecified atom stereocenters. The van der Waals surface area contributed by atoms with Crippen LogP contribution in [0, 0.1) is 30.1 Å². The molecule has 35 heavy (non-hydrogen) atoms. The van der Waals surface area contributed by atoms with Gasteiger partial charge in [-0.15, -0.1) is 0 Å². The minimum absolute atomic E-state index is 0.129. The summed E-state index contributed by atoms with van der Waals surface area (Å²) in [4.78, 5) is 20.6. The van der Waals surface area contributed by atoms with Crippen LogP contribution in [0.15, 0.2) is 18.6 Å². The number of aromatic nitrogens is 5. The highest BCUT2D eigenvalue weighted by Crippen LogP contribution is 2.29. The number of ether oxygens (including phenoxy) is 2. The van der Waals surface area contributed by atoms with E-state index in [2.05, 4.69) is 37.8 Å². The molecule has 5 heterocycles. The number of imidazole rings is 1. The first-order valence-corrected chi connectivity index (χ1v) is 12.7. The predicted molar refractivity (Wildman–Crippen MR) is 132 cm³/mol. The number of hydrogen-bond donors (Lipinski definition) is 0. The summed E-state index contributed by atoms with van der Waals surface area (Å²) in [6.07, 6.45) is 8.11. The highest BCUT2D eigenvalue weighted by Gasteiger charge is 2.21. The molecule has 3 aromatic rings. The molecule has 9 nitrogen and oxygen atoms in total. The Labute approximate surface area is 206 Å². The highest BCUT2D eigenvalue weighted by molar-refractivity contribution is 5.87. The number of rotatable bonds is 8. The maximum absolute atomic E-state index is 9.55. The molecule has 1 atom stereocenters. The SMILES string of the molecule is CCN1CCC(CCOc2ncc(-c3nc(C#N)nc4c3ncn4CC3CCOC3)cc2C)CC1. The second kappa shape index (κ2) is 10.7. The number of aryl methyl sites for hydroxylation is 1. The maximum Gasteiger partial charge on any atom is 0.234 e. The molecule has 5 rings (SSSR count). The Morgan fingerprint density at radius 3 is 2.74 bits per heavy atom. The van der Waals surface area contributed by atoms with Crippen molar-refractivity contribution in [3.63, 3.8) is 0 Å². The quantitative estimate of drug-likeness (QED) is 0.487. The predicted octanol–water partition coefficient (Wildman–Crippen LogP) is 3.61. The topological polar surface area (TPSA) is 102 Å². The smallest absolute Gasteiger partial charge is 0.234 e. The van der Waals surface area contributed by atoms with Crippen molar-refractivity contribution in [3.8, 4) is 23.2 Å². The fourth-order valence-corrected chi connectivity index (χ4v) is 5.09. The van der Waals surface area contributed by atoms with Crippen molar-refractivity contribution < 1.29 is 9.47 Å². The lowest BCUT2D eigenvalue weighted by molar-refractivity contribution is 0.167. The number of nitrogens with zero attached hydrogens (tertiary/aromatic N) is 7. The fourth-order valence-electron chi connectivity index (χ4n) is 5.09. The van der Waals surface area contributed by atoms with Crippen LogP contribution >= 0.6 is 0 Å². The van der Waals surface area contributed by atoms with Gasteiger partial charge in [-0.2, -0.15) is 10.2 Å². The number of nitriles is 1. The van der Waals surface area contributed by atoms with E-state index in [1.807, 2.05) is 17.6 Å². The molecular formula is C26H33N7O2. The van der Waals surface area contributed by atoms with Crippen LogP contribution in [0.5, 0.6) is 5.88 Å². The summed E-state index contributed by atoms with van der Waals surface area (Å²) in [7, 11) is 0. The van der Waals surface area contributed by atoms with E-state index in [9.17, 15) is 5.26 Å². The van der Waals surface area contributed by atoms with E-state index in [0.717, 1.165) is 56.2 Å². The Bertz CT molecular complexity index is 1200. The van der Waals surface area contributed by atoms with Crippen molar-refractivity contribution in [3.05, 3.63) is 30.0 Å². The number of hydrogen-bond acceptors (Lipinski definition) is 8. The van der Waals surface area contributed by atoms with Gasteiger partial charge in [-0.25, -0.2) is 15.0 Å². The van der Waals surface area contributed by atoms with Crippen molar-refractivity contribution in [1.82, 2.24) is 29.4 Å². The molecule has 0 spiro atoms. The molecule has 3 aromatic heterocycles. The summed E-state index contributed by atoms with van der Waals surface area (Å²) >= 11 is 0. The molecule has 2 saturated heterocycles. The summed E-state index contributed by atoms with van der Waals surface area (Å²) in [5.41, 5.74) is 3.72. The van der Waals surface area contributed by atoms with Gasteiger partial charge in [0.05, 0.1) is 19.5 Å². The van der Waals surface area contributed by atoms with Crippen molar-refractivity contribution in [2.45, 2.75) is 46.1 Å². The second-order valence-corrected chi connectivity index (χ2v) is 9.67. The number of fused-ring (bicyclic) bond motifs is 1. The number of piperidine rings is 1. The number of pyridine rings is 1. The van der Waals surface area contributed by atoms with E-state index >= 15 is 0 Å². The standard InChI is InChI=1S/C26H33N7O2/c1-3-32-8-4-19(5-9-32)7-11-35-26-18(2)12-21(14-28-26)23-24-25(31-22(13-27)30-23)33(17-29-24)15-20-6-10-34-16-20/h12,14,17,19-20H,3-11,15-16H2,1-2H3. The van der Waals surface area contributed by atoms with Gasteiger partial charge in [-0.05, 0) is 64.2 Å². The third kappa shape index (κ3) is 5.29. The van der Waals surface area contributed by atoms with Gasteiger partial charge in [0.2, 0.25) is 11.7 Å². The summed E-state index contributed by atoms with van der Waals surface area (Å²) in [5, 5.41) is 9.55. The number of likely N-dealkylation sites (tertiary alicyclic amines) is 1. The van der Waals surface area contributed by atoms with E-state index in [0.29, 0.717) is 35.3 Å². The Morgan fingerprint density at radius 2 is 2.03 bits per heavy atom. The first-order valence-electron chi connectivity index (χ1n) is 12.7. The van der Waals surface area contributed by atoms with E-state index in [1.165, 1.54) is 25.9 Å². The van der Waals surface area contributed by atoms with Gasteiger partial charge in [-0.3, -0.25) is 0 Å². The molecule has 184 valence electrons. The van der Waals surface area contributed by atoms with Crippen LogP contribution in [0.25, 0.3) is 22.4 Å². The fraction of sp³-hybridized carbons (Fsp3) is 0.577. The van der Waals surface area contributed by atoms with Gasteiger partial charge in [0, 0.05) is 36.4 Å². The summed E-state index contributed by atoms with van der Waals surface area (Å²) in [5.74, 6) is 1.93. The first-order chi connectivity index (χ1) is 17.1. The summed E-state index contributed by atoms with van der Waals surface area (Å²) in [6, 6.07) is 4.10. The molecule has 0 aromatic carbocycles. The van der Waals surface area contributed by atoms with Gasteiger partial charge in [-0.1, -0.05) is 6.92 Å². The maximum atomic E-state index is 9.55. The Hall–Kier alpha value is -3.09. The van der Waals surface area contributed by atoms with Crippen LogP contribution < -0.4 is 4.74 Å². The van der Waals surface area contributed by atoms with E-state index in [4.69, 9.17) is 9.47 Å². The van der Waals surface area contributed by atoms with Crippen LogP contribution in [0.3, 0.4) is 0 Å². The van der Waals surface area contributed by atoms with Crippen LogP contribution in [0.1, 0.15) is 44.0 Å². The van der Waals surface area contributed by atoms with Crippen LogP contribution in [-0.4, -0.2) is 68.9 Å². The van der Waals surface area contributed by atoms with Crippen molar-refractivity contribution in [2.75, 3.05) is 39.5 Å². The second-order valence-electron chi connectivity index (χ2n) is 9.67. The Balaban J connectivity index is 1.31. The van der Waals surface area contributed by atoms with Crippen molar-refractivity contribution in [2.24, 2.45) is 11.8 Å². The first kappa shape index (κ1) is 23.6. The molecule has 0 bridgehead atoms. The third-order valence-corrected chi connectivity index (χ3v) is 7.27. The van der Waals surface area contributed by atoms with E-state index in [1.54, 1.807) is 12.5 Å². The molecule has 0 saturated carbocycles. The van der Waals surface area contributed by atoms with Crippen LogP contribution in [0.2, 0.25) is 0 Å². The zero-order valence-electron chi connectivity index (χ0n) is 20.6. The van der Waals surface area contributed by atoms with Gasteiger partial charge >= 0.3 is 0 Å². The normalized spacial score (nSPS) is 19.3. The van der Waals surface area contributed by atoms with Gasteiger partial charge in [0.15, 0.2) is 5.65 Å². The molecule has 0 aliphatic carbocycles. The molecule has 2 aliphatic rings. The monoisotopic (exact) mass is 475 g/mol. The lowest BCUT2D eigenvalue weighted by Gasteiger charge is -2.30. The molecule has 2 fully saturated rings. The molecule has 9 heteroatoms. The summed E-state index contributed by atoms with van der Waals surface area (Å²) < 4.78 is 13.6. The average molecular weight is 476 g/mol. The minimum atomic E-state index is 0.129. The zero-order valence-corrected chi connectivity index (χ0v) is 20.6. The summed E-state index contributed by atoms with van der Waals surface area (Å²) in [6.45, 7) is 10.7. The van der Waals surface area contributed by atoms with Gasteiger partial charge < -0.3 is 18.9 Å². The van der Waals surface area contributed by atoms with Crippen molar-refractivity contribution >= 4 is 11.2 Å². The van der Waals surface area contributed by atoms with Gasteiger partial charge in [0.25, 0.3) is 0 Å². The molecule has 0 N–H and O–H groups in total. The minimum Gasteiger partial charge on any atom is -0.477 e. The third-order valence-electron chi connectivity index (χ3n) is 7.27. The molecule has 0 amide bonds. The molecular weight excluding hydrogens is 442 g/mol. The van der Waals surface area contributed by atoms with Crippen LogP contribution in [0.4, 0.5) is 0 Å². The van der Waals surface area contributed by atoms with E-state index in [-0.39, 0.29) is 5.82 Å². The van der Waals surface area contributed by atoms with Gasteiger partial charge in [0.1, 0.15) is 17.3 Å².